The molecule has 0 fully saturated rings. The van der Waals surface area contributed by atoms with Crippen LogP contribution >= 0.6 is 11.8 Å². The van der Waals surface area contributed by atoms with E-state index >= 15 is 0 Å². The predicted molar refractivity (Wildman–Crippen MR) is 113 cm³/mol. The van der Waals surface area contributed by atoms with Gasteiger partial charge in [-0.1, -0.05) is 50.2 Å². The Balaban J connectivity index is 1.75. The van der Waals surface area contributed by atoms with Crippen LogP contribution in [-0.2, 0) is 5.75 Å². The first-order valence-electron chi connectivity index (χ1n) is 9.61. The summed E-state index contributed by atoms with van der Waals surface area (Å²) >= 11 is 1.51. The van der Waals surface area contributed by atoms with Crippen molar-refractivity contribution in [3.8, 4) is 0 Å². The molecule has 0 saturated heterocycles. The fourth-order valence-corrected chi connectivity index (χ4v) is 3.82. The van der Waals surface area contributed by atoms with Gasteiger partial charge < -0.3 is 5.32 Å². The Morgan fingerprint density at radius 3 is 2.71 bits per heavy atom. The molecule has 0 radical (unpaired) electrons. The average Bonchev–Trinajstić information content (AvgIpc) is 3.09. The Kier molecular flexibility index (Phi) is 6.34. The second-order valence-corrected chi connectivity index (χ2v) is 8.18. The number of carbonyl (C=O) groups is 1. The van der Waals surface area contributed by atoms with Gasteiger partial charge in [-0.3, -0.25) is 4.79 Å². The second-order valence-electron chi connectivity index (χ2n) is 7.24. The summed E-state index contributed by atoms with van der Waals surface area (Å²) < 4.78 is 1.75. The summed E-state index contributed by atoms with van der Waals surface area (Å²) in [5.41, 5.74) is 3.60. The molecule has 7 heteroatoms. The molecule has 1 aromatic carbocycles. The first-order chi connectivity index (χ1) is 13.4. The van der Waals surface area contributed by atoms with Gasteiger partial charge >= 0.3 is 0 Å². The molecule has 2 aromatic heterocycles. The molecule has 3 rings (SSSR count). The van der Waals surface area contributed by atoms with E-state index < -0.39 is 0 Å². The van der Waals surface area contributed by atoms with Crippen LogP contribution < -0.4 is 5.32 Å². The first kappa shape index (κ1) is 20.3. The maximum atomic E-state index is 12.8. The molecule has 0 bridgehead atoms. The molecule has 0 spiro atoms. The third-order valence-corrected chi connectivity index (χ3v) is 5.96. The third kappa shape index (κ3) is 4.52. The number of benzene rings is 1. The summed E-state index contributed by atoms with van der Waals surface area (Å²) in [6.07, 6.45) is 1.03. The quantitative estimate of drug-likeness (QED) is 0.605. The van der Waals surface area contributed by atoms with E-state index in [1.807, 2.05) is 44.2 Å². The van der Waals surface area contributed by atoms with Crippen molar-refractivity contribution in [3.05, 3.63) is 52.8 Å². The molecular weight excluding hydrogens is 370 g/mol. The fraction of sp³-hybridized carbons (Fsp3) is 0.429. The Labute approximate surface area is 170 Å². The predicted octanol–water partition coefficient (Wildman–Crippen LogP) is 4.20. The van der Waals surface area contributed by atoms with Crippen LogP contribution in [-0.4, -0.2) is 31.5 Å². The van der Waals surface area contributed by atoms with Crippen molar-refractivity contribution < 1.29 is 4.79 Å². The highest BCUT2D eigenvalue weighted by atomic mass is 32.2. The van der Waals surface area contributed by atoms with Crippen molar-refractivity contribution in [1.82, 2.24) is 24.9 Å². The van der Waals surface area contributed by atoms with Crippen molar-refractivity contribution in [2.24, 2.45) is 5.92 Å². The lowest BCUT2D eigenvalue weighted by Crippen LogP contribution is -2.37. The third-order valence-electron chi connectivity index (χ3n) is 5.07. The van der Waals surface area contributed by atoms with Crippen molar-refractivity contribution >= 4 is 23.4 Å². The van der Waals surface area contributed by atoms with Gasteiger partial charge in [-0.25, -0.2) is 9.50 Å². The molecular formula is C21H27N5OS. The number of amides is 1. The molecule has 2 unspecified atom stereocenters. The molecule has 0 aliphatic rings. The van der Waals surface area contributed by atoms with Gasteiger partial charge in [0.1, 0.15) is 0 Å². The average molecular weight is 398 g/mol. The van der Waals surface area contributed by atoms with Gasteiger partial charge in [0.2, 0.25) is 5.16 Å². The first-order valence-corrected chi connectivity index (χ1v) is 10.6. The minimum atomic E-state index is -0.0277. The molecule has 2 heterocycles. The fourth-order valence-electron chi connectivity index (χ4n) is 3.00. The zero-order valence-electron chi connectivity index (χ0n) is 17.1. The number of nitrogens with one attached hydrogen (secondary N) is 1. The van der Waals surface area contributed by atoms with Gasteiger partial charge in [-0.15, -0.1) is 5.10 Å². The van der Waals surface area contributed by atoms with Crippen LogP contribution in [0.15, 0.2) is 35.5 Å². The molecule has 1 N–H and O–H groups in total. The molecule has 2 atom stereocenters. The SMILES string of the molecule is CCC(C)C(C)NC(=O)c1ccccc1CSc1nc2nc(C)cc(C)n2n1. The summed E-state index contributed by atoms with van der Waals surface area (Å²) in [5.74, 6) is 1.64. The summed E-state index contributed by atoms with van der Waals surface area (Å²) in [7, 11) is 0. The second kappa shape index (κ2) is 8.73. The number of rotatable bonds is 7. The summed E-state index contributed by atoms with van der Waals surface area (Å²) in [4.78, 5) is 21.7. The Hall–Kier alpha value is -2.41. The standard InChI is InChI=1S/C21H27N5OS/c1-6-13(2)16(5)23-19(27)18-10-8-7-9-17(18)12-28-21-24-20-22-14(3)11-15(4)26(20)25-21/h7-11,13,16H,6,12H2,1-5H3,(H,23,27). The van der Waals surface area contributed by atoms with Crippen LogP contribution in [0.4, 0.5) is 0 Å². The lowest BCUT2D eigenvalue weighted by molar-refractivity contribution is 0.0927. The summed E-state index contributed by atoms with van der Waals surface area (Å²) in [5, 5.41) is 8.31. The Morgan fingerprint density at radius 1 is 1.21 bits per heavy atom. The molecule has 148 valence electrons. The highest BCUT2D eigenvalue weighted by molar-refractivity contribution is 7.98. The number of hydrogen-bond acceptors (Lipinski definition) is 5. The Bertz CT molecular complexity index is 984. The van der Waals surface area contributed by atoms with Crippen LogP contribution in [0, 0.1) is 19.8 Å². The zero-order valence-corrected chi connectivity index (χ0v) is 17.9. The minimum absolute atomic E-state index is 0.0277. The van der Waals surface area contributed by atoms with E-state index in [2.05, 4.69) is 41.2 Å². The van der Waals surface area contributed by atoms with E-state index in [0.717, 1.165) is 23.4 Å². The van der Waals surface area contributed by atoms with Gasteiger partial charge in [-0.2, -0.15) is 4.98 Å². The summed E-state index contributed by atoms with van der Waals surface area (Å²) in [6, 6.07) is 9.83. The van der Waals surface area contributed by atoms with Crippen molar-refractivity contribution in [2.75, 3.05) is 0 Å². The maximum Gasteiger partial charge on any atom is 0.253 e. The highest BCUT2D eigenvalue weighted by Gasteiger charge is 2.17. The van der Waals surface area contributed by atoms with Crippen LogP contribution in [0.3, 0.4) is 0 Å². The molecule has 1 amide bonds. The lowest BCUT2D eigenvalue weighted by Gasteiger charge is -2.20. The molecule has 28 heavy (non-hydrogen) atoms. The van der Waals surface area contributed by atoms with Gasteiger partial charge in [0.25, 0.3) is 11.7 Å². The highest BCUT2D eigenvalue weighted by Crippen LogP contribution is 2.23. The van der Waals surface area contributed by atoms with E-state index in [1.165, 1.54) is 11.8 Å². The van der Waals surface area contributed by atoms with Gasteiger partial charge in [0.15, 0.2) is 0 Å². The number of carbonyl (C=O) groups excluding carboxylic acids is 1. The number of fused-ring (bicyclic) bond motifs is 1. The van der Waals surface area contributed by atoms with E-state index in [1.54, 1.807) is 4.52 Å². The van der Waals surface area contributed by atoms with E-state index in [-0.39, 0.29) is 11.9 Å². The van der Waals surface area contributed by atoms with Crippen molar-refractivity contribution in [3.63, 3.8) is 0 Å². The minimum Gasteiger partial charge on any atom is -0.349 e. The topological polar surface area (TPSA) is 72.2 Å². The summed E-state index contributed by atoms with van der Waals surface area (Å²) in [6.45, 7) is 10.3. The van der Waals surface area contributed by atoms with Crippen LogP contribution in [0.25, 0.3) is 5.78 Å². The maximum absolute atomic E-state index is 12.8. The van der Waals surface area contributed by atoms with Crippen LogP contribution in [0.2, 0.25) is 0 Å². The zero-order chi connectivity index (χ0) is 20.3. The number of hydrogen-bond donors (Lipinski definition) is 1. The van der Waals surface area contributed by atoms with E-state index in [4.69, 9.17) is 0 Å². The number of aryl methyl sites for hydroxylation is 2. The smallest absolute Gasteiger partial charge is 0.253 e. The molecule has 6 nitrogen and oxygen atoms in total. The molecule has 0 saturated carbocycles. The van der Waals surface area contributed by atoms with Gasteiger partial charge in [0, 0.05) is 28.7 Å². The van der Waals surface area contributed by atoms with E-state index in [9.17, 15) is 4.79 Å². The number of thioether (sulfide) groups is 1. The monoisotopic (exact) mass is 397 g/mol. The van der Waals surface area contributed by atoms with E-state index in [0.29, 0.717) is 28.2 Å². The number of nitrogens with zero attached hydrogens (tertiary/aromatic N) is 4. The van der Waals surface area contributed by atoms with Crippen molar-refractivity contribution in [1.29, 1.82) is 0 Å². The van der Waals surface area contributed by atoms with Crippen LogP contribution in [0.1, 0.15) is 54.5 Å². The number of aromatic nitrogens is 4. The lowest BCUT2D eigenvalue weighted by atomic mass is 10.00. The normalized spacial score (nSPS) is 13.5. The van der Waals surface area contributed by atoms with Crippen molar-refractivity contribution in [2.45, 2.75) is 58.0 Å². The largest absolute Gasteiger partial charge is 0.349 e. The molecule has 3 aromatic rings. The molecule has 0 aliphatic heterocycles. The Morgan fingerprint density at radius 2 is 1.96 bits per heavy atom. The van der Waals surface area contributed by atoms with Gasteiger partial charge in [-0.05, 0) is 44.4 Å². The van der Waals surface area contributed by atoms with Gasteiger partial charge in [0.05, 0.1) is 0 Å². The molecule has 0 aliphatic carbocycles. The van der Waals surface area contributed by atoms with Crippen LogP contribution in [0.5, 0.6) is 0 Å².